The van der Waals surface area contributed by atoms with E-state index in [1.54, 1.807) is 24.1 Å². The minimum atomic E-state index is -2.56. The molecule has 2 aromatic carbocycles. The molecule has 0 saturated carbocycles. The van der Waals surface area contributed by atoms with Gasteiger partial charge in [-0.05, 0) is 90.6 Å². The van der Waals surface area contributed by atoms with Crippen LogP contribution in [0.3, 0.4) is 0 Å². The summed E-state index contributed by atoms with van der Waals surface area (Å²) >= 11 is 0. The summed E-state index contributed by atoms with van der Waals surface area (Å²) in [7, 11) is 3.56. The third-order valence-electron chi connectivity index (χ3n) is 8.31. The molecule has 0 spiro atoms. The molecule has 6 rings (SSSR count). The zero-order valence-electron chi connectivity index (χ0n) is 21.6. The van der Waals surface area contributed by atoms with E-state index in [-0.39, 0.29) is 5.56 Å². The van der Waals surface area contributed by atoms with Gasteiger partial charge < -0.3 is 15.1 Å². The number of nitrogens with one attached hydrogen (secondary N) is 1. The van der Waals surface area contributed by atoms with Crippen molar-refractivity contribution in [3.8, 4) is 11.1 Å². The fourth-order valence-corrected chi connectivity index (χ4v) is 6.34. The van der Waals surface area contributed by atoms with Crippen LogP contribution in [0.25, 0.3) is 11.1 Å². The number of anilines is 2. The van der Waals surface area contributed by atoms with Crippen molar-refractivity contribution in [2.75, 3.05) is 38.2 Å². The van der Waals surface area contributed by atoms with Gasteiger partial charge in [0.05, 0.1) is 13.3 Å². The van der Waals surface area contributed by atoms with Gasteiger partial charge in [0.2, 0.25) is 0 Å². The van der Waals surface area contributed by atoms with Crippen LogP contribution < -0.4 is 10.2 Å². The molecule has 0 radical (unpaired) electrons. The first-order valence-electron chi connectivity index (χ1n) is 13.4. The lowest BCUT2D eigenvalue weighted by Crippen LogP contribution is -2.33. The highest BCUT2D eigenvalue weighted by atomic mass is 19.3. The fraction of sp³-hybridized carbons (Fsp3) is 0.483. The predicted molar refractivity (Wildman–Crippen MR) is 141 cm³/mol. The van der Waals surface area contributed by atoms with Crippen LogP contribution in [0.1, 0.15) is 59.4 Å². The standard InChI is InChI=1S/C29H35F2N5O/c1-34-18-23(16-33-34)24-13-21-4-3-9-36(27(21)15-25(24)29(30)31)28-14-22(12-20-5-8-32-17-26(20)28)19-6-10-35(37-2)11-7-19/h12-16,18-19,29,32H,3-11,17H2,1-2H3. The van der Waals surface area contributed by atoms with Gasteiger partial charge in [-0.25, -0.2) is 8.78 Å². The third kappa shape index (κ3) is 4.67. The van der Waals surface area contributed by atoms with Gasteiger partial charge in [0, 0.05) is 61.9 Å². The van der Waals surface area contributed by atoms with Crippen LogP contribution in [0.4, 0.5) is 20.2 Å². The number of fused-ring (bicyclic) bond motifs is 2. The number of aromatic nitrogens is 2. The number of benzene rings is 2. The van der Waals surface area contributed by atoms with E-state index in [2.05, 4.69) is 27.4 Å². The Hall–Kier alpha value is -2.81. The molecule has 4 heterocycles. The second-order valence-corrected chi connectivity index (χ2v) is 10.5. The van der Waals surface area contributed by atoms with Crippen molar-refractivity contribution < 1.29 is 13.6 Å². The maximum Gasteiger partial charge on any atom is 0.264 e. The molecule has 1 saturated heterocycles. The minimum absolute atomic E-state index is 0.0775. The molecule has 0 amide bonds. The fourth-order valence-electron chi connectivity index (χ4n) is 6.34. The van der Waals surface area contributed by atoms with Crippen molar-refractivity contribution in [3.05, 3.63) is 64.5 Å². The number of halogens is 2. The summed E-state index contributed by atoms with van der Waals surface area (Å²) in [6.07, 6.45) is 5.93. The normalized spacial score (nSPS) is 18.8. The Morgan fingerprint density at radius 2 is 1.86 bits per heavy atom. The number of alkyl halides is 2. The summed E-state index contributed by atoms with van der Waals surface area (Å²) in [5.74, 6) is 0.485. The highest BCUT2D eigenvalue weighted by molar-refractivity contribution is 5.78. The molecule has 1 N–H and O–H groups in total. The minimum Gasteiger partial charge on any atom is -0.341 e. The van der Waals surface area contributed by atoms with E-state index in [4.69, 9.17) is 4.84 Å². The Labute approximate surface area is 217 Å². The van der Waals surface area contributed by atoms with Crippen molar-refractivity contribution in [2.45, 2.75) is 51.0 Å². The van der Waals surface area contributed by atoms with E-state index >= 15 is 0 Å². The molecule has 0 bridgehead atoms. The van der Waals surface area contributed by atoms with E-state index in [1.807, 2.05) is 24.4 Å². The van der Waals surface area contributed by atoms with E-state index < -0.39 is 6.43 Å². The van der Waals surface area contributed by atoms with Gasteiger partial charge >= 0.3 is 0 Å². The highest BCUT2D eigenvalue weighted by Crippen LogP contribution is 2.44. The van der Waals surface area contributed by atoms with E-state index in [1.165, 1.54) is 22.4 Å². The zero-order chi connectivity index (χ0) is 25.5. The van der Waals surface area contributed by atoms with Gasteiger partial charge in [0.1, 0.15) is 0 Å². The number of rotatable bonds is 5. The summed E-state index contributed by atoms with van der Waals surface area (Å²) in [5.41, 5.74) is 8.73. The molecule has 8 heteroatoms. The van der Waals surface area contributed by atoms with Crippen LogP contribution >= 0.6 is 0 Å². The van der Waals surface area contributed by atoms with Gasteiger partial charge in [-0.15, -0.1) is 0 Å². The topological polar surface area (TPSA) is 45.6 Å². The number of piperidine rings is 1. The predicted octanol–water partition coefficient (Wildman–Crippen LogP) is 5.50. The monoisotopic (exact) mass is 507 g/mol. The average Bonchev–Trinajstić information content (AvgIpc) is 3.37. The Bertz CT molecular complexity index is 1280. The van der Waals surface area contributed by atoms with Crippen LogP contribution in [0.5, 0.6) is 0 Å². The quantitative estimate of drug-likeness (QED) is 0.495. The number of hydrogen-bond donors (Lipinski definition) is 1. The lowest BCUT2D eigenvalue weighted by molar-refractivity contribution is -0.143. The van der Waals surface area contributed by atoms with Gasteiger partial charge in [0.15, 0.2) is 0 Å². The van der Waals surface area contributed by atoms with Gasteiger partial charge in [-0.1, -0.05) is 6.07 Å². The smallest absolute Gasteiger partial charge is 0.264 e. The lowest BCUT2D eigenvalue weighted by Gasteiger charge is -2.37. The average molecular weight is 508 g/mol. The molecule has 196 valence electrons. The molecular formula is C29H35F2N5O. The van der Waals surface area contributed by atoms with Gasteiger partial charge in [0.25, 0.3) is 6.43 Å². The van der Waals surface area contributed by atoms with Crippen molar-refractivity contribution in [3.63, 3.8) is 0 Å². The first-order chi connectivity index (χ1) is 18.0. The first-order valence-corrected chi connectivity index (χ1v) is 13.4. The SMILES string of the molecule is CON1CCC(c2cc3c(c(N4CCCc5cc(-c6cnn(C)c6)c(C(F)F)cc54)c2)CNCC3)CC1. The number of aryl methyl sites for hydroxylation is 2. The second-order valence-electron chi connectivity index (χ2n) is 10.5. The molecule has 3 aliphatic rings. The lowest BCUT2D eigenvalue weighted by atomic mass is 9.85. The Balaban J connectivity index is 1.44. The Morgan fingerprint density at radius 1 is 1.03 bits per heavy atom. The molecule has 6 nitrogen and oxygen atoms in total. The number of nitrogens with zero attached hydrogens (tertiary/aromatic N) is 4. The molecule has 3 aliphatic heterocycles. The van der Waals surface area contributed by atoms with Crippen LogP contribution in [0, 0.1) is 0 Å². The van der Waals surface area contributed by atoms with Crippen LogP contribution in [-0.2, 0) is 31.3 Å². The number of hydrogen-bond acceptors (Lipinski definition) is 5. The van der Waals surface area contributed by atoms with Crippen LogP contribution in [-0.4, -0.2) is 48.1 Å². The van der Waals surface area contributed by atoms with Crippen molar-refractivity contribution in [2.24, 2.45) is 7.05 Å². The van der Waals surface area contributed by atoms with Crippen molar-refractivity contribution in [1.82, 2.24) is 20.2 Å². The van der Waals surface area contributed by atoms with E-state index in [0.717, 1.165) is 81.6 Å². The summed E-state index contributed by atoms with van der Waals surface area (Å²) < 4.78 is 30.4. The molecule has 1 fully saturated rings. The summed E-state index contributed by atoms with van der Waals surface area (Å²) in [6, 6.07) is 8.49. The van der Waals surface area contributed by atoms with Crippen molar-refractivity contribution in [1.29, 1.82) is 0 Å². The number of hydroxylamine groups is 2. The largest absolute Gasteiger partial charge is 0.341 e. The molecule has 0 unspecified atom stereocenters. The van der Waals surface area contributed by atoms with E-state index in [0.29, 0.717) is 11.5 Å². The second kappa shape index (κ2) is 10.2. The van der Waals surface area contributed by atoms with Crippen LogP contribution in [0.2, 0.25) is 0 Å². The zero-order valence-corrected chi connectivity index (χ0v) is 21.6. The Morgan fingerprint density at radius 3 is 2.59 bits per heavy atom. The van der Waals surface area contributed by atoms with Gasteiger partial charge in [-0.3, -0.25) is 4.68 Å². The molecule has 0 atom stereocenters. The van der Waals surface area contributed by atoms with Crippen molar-refractivity contribution >= 4 is 11.4 Å². The maximum absolute atomic E-state index is 14.4. The summed E-state index contributed by atoms with van der Waals surface area (Å²) in [5, 5.41) is 9.80. The maximum atomic E-state index is 14.4. The molecule has 37 heavy (non-hydrogen) atoms. The van der Waals surface area contributed by atoms with Crippen LogP contribution in [0.15, 0.2) is 36.7 Å². The third-order valence-corrected chi connectivity index (χ3v) is 8.31. The summed E-state index contributed by atoms with van der Waals surface area (Å²) in [4.78, 5) is 7.76. The van der Waals surface area contributed by atoms with E-state index in [9.17, 15) is 8.78 Å². The highest BCUT2D eigenvalue weighted by Gasteiger charge is 2.29. The summed E-state index contributed by atoms with van der Waals surface area (Å²) in [6.45, 7) is 4.47. The molecule has 0 aliphatic carbocycles. The molecule has 1 aromatic heterocycles. The first kappa shape index (κ1) is 24.5. The molecular weight excluding hydrogens is 472 g/mol. The Kier molecular flexibility index (Phi) is 6.73. The molecule has 3 aromatic rings. The van der Waals surface area contributed by atoms with Gasteiger partial charge in [-0.2, -0.15) is 10.2 Å².